The third kappa shape index (κ3) is 9.24. The first-order valence-corrected chi connectivity index (χ1v) is 15.6. The van der Waals surface area contributed by atoms with Crippen LogP contribution in [0.5, 0.6) is 11.5 Å². The first-order valence-electron chi connectivity index (χ1n) is 15.6. The molecular weight excluding hydrogens is 576 g/mol. The van der Waals surface area contributed by atoms with E-state index >= 15 is 0 Å². The fourth-order valence-electron chi connectivity index (χ4n) is 5.52. The number of hydrogen-bond acceptors (Lipinski definition) is 9. The average Bonchev–Trinajstić information content (AvgIpc) is 3.74. The second-order valence-corrected chi connectivity index (χ2v) is 11.7. The molecule has 1 unspecified atom stereocenters. The highest BCUT2D eigenvalue weighted by Gasteiger charge is 2.43. The minimum Gasteiger partial charge on any atom is -0.493 e. The normalized spacial score (nSPS) is 20.1. The Morgan fingerprint density at radius 2 is 2.02 bits per heavy atom. The minimum absolute atomic E-state index is 0.0949. The molecule has 13 nitrogen and oxygen atoms in total. The van der Waals surface area contributed by atoms with Crippen molar-refractivity contribution in [2.45, 2.75) is 44.9 Å². The quantitative estimate of drug-likeness (QED) is 0.251. The molecule has 2 aliphatic rings. The fraction of sp³-hybridized carbons (Fsp3) is 0.500. The van der Waals surface area contributed by atoms with Crippen LogP contribution in [-0.4, -0.2) is 84.3 Å². The maximum absolute atomic E-state index is 14.2. The highest BCUT2D eigenvalue weighted by molar-refractivity contribution is 5.85. The van der Waals surface area contributed by atoms with Gasteiger partial charge in [0.1, 0.15) is 5.82 Å². The molecule has 0 spiro atoms. The lowest BCUT2D eigenvalue weighted by atomic mass is 9.75. The molecule has 13 heteroatoms. The number of nitrogens with zero attached hydrogens (tertiary/aromatic N) is 3. The molecular formula is C32H42N8O5. The molecule has 3 amide bonds. The van der Waals surface area contributed by atoms with Crippen molar-refractivity contribution >= 4 is 17.7 Å². The zero-order valence-corrected chi connectivity index (χ0v) is 25.7. The van der Waals surface area contributed by atoms with Crippen LogP contribution in [0.3, 0.4) is 0 Å². The summed E-state index contributed by atoms with van der Waals surface area (Å²) in [4.78, 5) is 48.1. The van der Waals surface area contributed by atoms with E-state index in [1.54, 1.807) is 25.6 Å². The number of benzene rings is 1. The number of aromatic nitrogens is 4. The number of methoxy groups -OCH3 is 1. The molecule has 1 saturated carbocycles. The monoisotopic (exact) mass is 618 g/mol. The number of ether oxygens (including phenoxy) is 2. The molecule has 3 heterocycles. The predicted molar refractivity (Wildman–Crippen MR) is 166 cm³/mol. The van der Waals surface area contributed by atoms with Gasteiger partial charge in [0.2, 0.25) is 11.8 Å². The number of amides is 3. The van der Waals surface area contributed by atoms with Crippen molar-refractivity contribution in [3.8, 4) is 22.9 Å². The molecule has 3 aromatic rings. The van der Waals surface area contributed by atoms with E-state index in [9.17, 15) is 14.4 Å². The van der Waals surface area contributed by atoms with E-state index in [1.165, 1.54) is 0 Å². The van der Waals surface area contributed by atoms with Crippen molar-refractivity contribution in [2.24, 2.45) is 11.3 Å². The molecule has 240 valence electrons. The second kappa shape index (κ2) is 15.5. The Kier molecular flexibility index (Phi) is 11.0. The molecule has 1 aliphatic heterocycles. The summed E-state index contributed by atoms with van der Waals surface area (Å²) < 4.78 is 11.4. The Morgan fingerprint density at radius 1 is 1.13 bits per heavy atom. The molecule has 1 aromatic carbocycles. The minimum atomic E-state index is -0.897. The molecule has 1 atom stereocenters. The van der Waals surface area contributed by atoms with Crippen LogP contribution in [0, 0.1) is 11.3 Å². The summed E-state index contributed by atoms with van der Waals surface area (Å²) >= 11 is 0. The summed E-state index contributed by atoms with van der Waals surface area (Å²) in [5, 5.41) is 19.5. The molecule has 0 radical (unpaired) electrons. The van der Waals surface area contributed by atoms with Gasteiger partial charge in [-0.2, -0.15) is 5.10 Å². The molecule has 1 fully saturated rings. The summed E-state index contributed by atoms with van der Waals surface area (Å²) in [5.41, 5.74) is 0.754. The summed E-state index contributed by atoms with van der Waals surface area (Å²) in [7, 11) is 1.54. The average molecular weight is 619 g/mol. The van der Waals surface area contributed by atoms with Gasteiger partial charge >= 0.3 is 0 Å². The van der Waals surface area contributed by atoms with Gasteiger partial charge in [0.25, 0.3) is 5.91 Å². The second-order valence-electron chi connectivity index (χ2n) is 11.7. The van der Waals surface area contributed by atoms with Crippen molar-refractivity contribution in [2.75, 3.05) is 46.4 Å². The molecule has 2 aromatic heterocycles. The van der Waals surface area contributed by atoms with Crippen molar-refractivity contribution in [1.29, 1.82) is 0 Å². The maximum atomic E-state index is 14.2. The number of carbonyl (C=O) groups is 3. The summed E-state index contributed by atoms with van der Waals surface area (Å²) in [5.74, 6) is 2.05. The van der Waals surface area contributed by atoms with Crippen LogP contribution in [0.25, 0.3) is 11.4 Å². The number of hydrogen-bond donors (Lipinski definition) is 5. The molecule has 5 N–H and O–H groups in total. The van der Waals surface area contributed by atoms with E-state index < -0.39 is 5.41 Å². The smallest absolute Gasteiger partial charge is 0.257 e. The lowest BCUT2D eigenvalue weighted by molar-refractivity contribution is -0.132. The van der Waals surface area contributed by atoms with Gasteiger partial charge in [0, 0.05) is 57.0 Å². The molecule has 0 saturated heterocycles. The molecule has 2 bridgehead atoms. The third-order valence-corrected chi connectivity index (χ3v) is 8.09. The van der Waals surface area contributed by atoms with Crippen LogP contribution in [0.2, 0.25) is 0 Å². The third-order valence-electron chi connectivity index (χ3n) is 8.09. The van der Waals surface area contributed by atoms with E-state index in [0.717, 1.165) is 24.0 Å². The lowest BCUT2D eigenvalue weighted by Gasteiger charge is -2.33. The van der Waals surface area contributed by atoms with Gasteiger partial charge in [-0.1, -0.05) is 18.9 Å². The lowest BCUT2D eigenvalue weighted by Crippen LogP contribution is -2.50. The van der Waals surface area contributed by atoms with E-state index in [2.05, 4.69) is 41.4 Å². The van der Waals surface area contributed by atoms with Gasteiger partial charge in [0.05, 0.1) is 12.5 Å². The number of aromatic amines is 1. The number of nitrogens with one attached hydrogen (secondary N) is 5. The number of fused-ring (bicyclic) bond motifs is 2. The van der Waals surface area contributed by atoms with Crippen LogP contribution in [0.1, 0.15) is 43.5 Å². The van der Waals surface area contributed by atoms with Gasteiger partial charge in [-0.25, -0.2) is 4.98 Å². The summed E-state index contributed by atoms with van der Waals surface area (Å²) in [6.45, 7) is 2.06. The van der Waals surface area contributed by atoms with Gasteiger partial charge in [0.15, 0.2) is 23.9 Å². The Morgan fingerprint density at radius 3 is 2.82 bits per heavy atom. The fourth-order valence-corrected chi connectivity index (χ4v) is 5.52. The predicted octanol–water partition coefficient (Wildman–Crippen LogP) is 1.56. The maximum Gasteiger partial charge on any atom is 0.257 e. The van der Waals surface area contributed by atoms with Crippen LogP contribution in [-0.2, 0) is 27.2 Å². The first kappa shape index (κ1) is 31.9. The molecule has 45 heavy (non-hydrogen) atoms. The number of H-pyrrole nitrogens is 1. The Labute approximate surface area is 262 Å². The number of carbonyl (C=O) groups excluding carboxylic acids is 3. The van der Waals surface area contributed by atoms with E-state index in [1.807, 2.05) is 24.3 Å². The topological polar surface area (TPSA) is 172 Å². The highest BCUT2D eigenvalue weighted by atomic mass is 16.5. The van der Waals surface area contributed by atoms with Gasteiger partial charge in [-0.15, -0.1) is 0 Å². The zero-order chi connectivity index (χ0) is 31.5. The summed E-state index contributed by atoms with van der Waals surface area (Å²) in [6, 6.07) is 9.22. The number of pyridine rings is 1. The zero-order valence-electron chi connectivity index (χ0n) is 25.7. The van der Waals surface area contributed by atoms with Gasteiger partial charge < -0.3 is 30.7 Å². The van der Waals surface area contributed by atoms with Crippen LogP contribution in [0.4, 0.5) is 0 Å². The number of rotatable bonds is 8. The SMILES string of the molecule is COc1ccc2cc1OCC(=O)NCCNCCCC(=O)NCC(CC1CC1)(C(=O)NCCc1nc(-c3cccnc3)n[nH]1)C2. The molecule has 1 aliphatic carbocycles. The standard InChI is InChI=1S/C32H42N8O5/c1-44-25-9-8-23-16-26(25)45-20-29(42)35-15-14-33-11-3-5-28(41)37-21-32(18-23,17-22-6-7-22)31(43)36-13-10-27-38-30(40-39-27)24-4-2-12-34-19-24/h2,4,8-9,12,16,19,22,33H,3,5-7,10-11,13-15,17-18,20-21H2,1H3,(H,35,42)(H,36,43)(H,37,41)(H,38,39,40). The Balaban J connectivity index is 1.35. The van der Waals surface area contributed by atoms with Crippen molar-refractivity contribution in [3.63, 3.8) is 0 Å². The van der Waals surface area contributed by atoms with Crippen molar-refractivity contribution < 1.29 is 23.9 Å². The summed E-state index contributed by atoms with van der Waals surface area (Å²) in [6.07, 6.45) is 7.95. The van der Waals surface area contributed by atoms with Gasteiger partial charge in [-0.05, 0) is 61.6 Å². The van der Waals surface area contributed by atoms with Crippen LogP contribution >= 0.6 is 0 Å². The van der Waals surface area contributed by atoms with Crippen molar-refractivity contribution in [3.05, 3.63) is 54.1 Å². The van der Waals surface area contributed by atoms with Crippen molar-refractivity contribution in [1.82, 2.24) is 41.4 Å². The van der Waals surface area contributed by atoms with Crippen LogP contribution < -0.4 is 30.7 Å². The Hall–Kier alpha value is -4.52. The van der Waals surface area contributed by atoms with E-state index in [4.69, 9.17) is 9.47 Å². The molecule has 5 rings (SSSR count). The Bertz CT molecular complexity index is 1440. The van der Waals surface area contributed by atoms with Gasteiger partial charge in [-0.3, -0.25) is 24.5 Å². The van der Waals surface area contributed by atoms with E-state index in [0.29, 0.717) is 87.3 Å². The first-order chi connectivity index (χ1) is 21.9. The van der Waals surface area contributed by atoms with E-state index in [-0.39, 0.29) is 30.9 Å². The largest absolute Gasteiger partial charge is 0.493 e. The highest BCUT2D eigenvalue weighted by Crippen LogP contribution is 2.43. The van der Waals surface area contributed by atoms with Crippen LogP contribution in [0.15, 0.2) is 42.7 Å².